The van der Waals surface area contributed by atoms with Crippen LogP contribution in [-0.4, -0.2) is 73.4 Å². The van der Waals surface area contributed by atoms with Gasteiger partial charge in [-0.2, -0.15) is 4.98 Å². The van der Waals surface area contributed by atoms with E-state index in [9.17, 15) is 18.3 Å². The Morgan fingerprint density at radius 1 is 1.02 bits per heavy atom. The lowest BCUT2D eigenvalue weighted by Crippen LogP contribution is -2.38. The second-order valence-corrected chi connectivity index (χ2v) is 15.1. The third-order valence-corrected chi connectivity index (χ3v) is 9.43. The number of carboxylic acids is 1. The zero-order chi connectivity index (χ0) is 35.2. The van der Waals surface area contributed by atoms with Crippen LogP contribution in [0.2, 0.25) is 0 Å². The Morgan fingerprint density at radius 3 is 2.39 bits per heavy atom. The number of nitrogens with one attached hydrogen (secondary N) is 2. The van der Waals surface area contributed by atoms with Gasteiger partial charge in [-0.05, 0) is 67.1 Å². The number of carbonyl (C=O) groups is 1. The largest absolute Gasteiger partial charge is 0.478 e. The van der Waals surface area contributed by atoms with Gasteiger partial charge >= 0.3 is 5.97 Å². The maximum Gasteiger partial charge on any atom is 0.335 e. The fraction of sp³-hybridized carbons (Fsp3) is 0.389. The van der Waals surface area contributed by atoms with E-state index >= 15 is 0 Å². The average molecular weight is 689 g/mol. The minimum atomic E-state index is -4.23. The summed E-state index contributed by atoms with van der Waals surface area (Å²) in [5.41, 5.74) is 5.03. The van der Waals surface area contributed by atoms with E-state index in [1.54, 1.807) is 6.07 Å². The molecule has 13 heteroatoms. The highest BCUT2D eigenvalue weighted by Gasteiger charge is 2.23. The minimum absolute atomic E-state index is 0.0188. The molecule has 0 aliphatic carbocycles. The van der Waals surface area contributed by atoms with Crippen LogP contribution in [0.15, 0.2) is 71.8 Å². The lowest BCUT2D eigenvalue weighted by atomic mass is 9.88. The SMILES string of the molecule is Cc1cccc(C)c1-c1cc(OCC(CC(C)(C)C)NCc2ccc(N3CCOCC3)cn2)nc(NS(=O)(=O)c2cccc(C(=O)O)c2)n1. The third kappa shape index (κ3) is 9.74. The minimum Gasteiger partial charge on any atom is -0.478 e. The van der Waals surface area contributed by atoms with Gasteiger partial charge in [0.25, 0.3) is 10.0 Å². The Bertz CT molecular complexity index is 1850. The summed E-state index contributed by atoms with van der Waals surface area (Å²) < 4.78 is 40.9. The molecule has 1 atom stereocenters. The van der Waals surface area contributed by atoms with Gasteiger partial charge in [-0.15, -0.1) is 0 Å². The van der Waals surface area contributed by atoms with Crippen LogP contribution in [0.25, 0.3) is 11.3 Å². The van der Waals surface area contributed by atoms with Crippen molar-refractivity contribution in [1.29, 1.82) is 0 Å². The molecule has 1 unspecified atom stereocenters. The smallest absolute Gasteiger partial charge is 0.335 e. The predicted octanol–water partition coefficient (Wildman–Crippen LogP) is 5.46. The topological polar surface area (TPSA) is 156 Å². The summed E-state index contributed by atoms with van der Waals surface area (Å²) in [6.45, 7) is 14.3. The predicted molar refractivity (Wildman–Crippen MR) is 189 cm³/mol. The van der Waals surface area contributed by atoms with Crippen molar-refractivity contribution in [3.63, 3.8) is 0 Å². The zero-order valence-electron chi connectivity index (χ0n) is 28.6. The first kappa shape index (κ1) is 35.7. The van der Waals surface area contributed by atoms with Crippen molar-refractivity contribution in [2.24, 2.45) is 5.41 Å². The molecule has 1 aliphatic rings. The molecule has 3 N–H and O–H groups in total. The number of pyridine rings is 1. The van der Waals surface area contributed by atoms with Gasteiger partial charge in [-0.1, -0.05) is 45.0 Å². The monoisotopic (exact) mass is 688 g/mol. The zero-order valence-corrected chi connectivity index (χ0v) is 29.4. The molecule has 1 fully saturated rings. The number of rotatable bonds is 13. The number of aromatic nitrogens is 3. The number of hydrogen-bond acceptors (Lipinski definition) is 10. The summed E-state index contributed by atoms with van der Waals surface area (Å²) in [6, 6.07) is 16.7. The van der Waals surface area contributed by atoms with Crippen molar-refractivity contribution < 1.29 is 27.8 Å². The Hall–Kier alpha value is -4.59. The summed E-state index contributed by atoms with van der Waals surface area (Å²) >= 11 is 0. The number of ether oxygens (including phenoxy) is 2. The number of hydrogen-bond donors (Lipinski definition) is 3. The maximum absolute atomic E-state index is 13.4. The van der Waals surface area contributed by atoms with Crippen molar-refractivity contribution in [2.45, 2.75) is 58.5 Å². The van der Waals surface area contributed by atoms with Gasteiger partial charge in [0, 0.05) is 37.3 Å². The van der Waals surface area contributed by atoms with Gasteiger partial charge in [0.15, 0.2) is 0 Å². The number of sulfonamides is 1. The molecule has 0 saturated carbocycles. The van der Waals surface area contributed by atoms with E-state index in [0.717, 1.165) is 53.6 Å². The Labute approximate surface area is 288 Å². The van der Waals surface area contributed by atoms with Crippen LogP contribution in [-0.2, 0) is 21.3 Å². The quantitative estimate of drug-likeness (QED) is 0.164. The van der Waals surface area contributed by atoms with Crippen LogP contribution >= 0.6 is 0 Å². The lowest BCUT2D eigenvalue weighted by Gasteiger charge is -2.29. The molecule has 260 valence electrons. The molecular weight excluding hydrogens is 644 g/mol. The first-order valence-electron chi connectivity index (χ1n) is 16.2. The fourth-order valence-electron chi connectivity index (χ4n) is 5.76. The highest BCUT2D eigenvalue weighted by molar-refractivity contribution is 7.92. The van der Waals surface area contributed by atoms with E-state index in [1.165, 1.54) is 18.2 Å². The summed E-state index contributed by atoms with van der Waals surface area (Å²) in [5.74, 6) is -1.24. The van der Waals surface area contributed by atoms with Crippen molar-refractivity contribution in [2.75, 3.05) is 42.5 Å². The summed E-state index contributed by atoms with van der Waals surface area (Å²) in [4.78, 5) is 27.2. The van der Waals surface area contributed by atoms with Gasteiger partial charge < -0.3 is 24.8 Å². The fourth-order valence-corrected chi connectivity index (χ4v) is 6.75. The Balaban J connectivity index is 1.38. The van der Waals surface area contributed by atoms with E-state index in [1.807, 2.05) is 44.3 Å². The van der Waals surface area contributed by atoms with Gasteiger partial charge in [-0.25, -0.2) is 22.9 Å². The maximum atomic E-state index is 13.4. The number of morpholine rings is 1. The normalized spacial score (nSPS) is 14.3. The average Bonchev–Trinajstić information content (AvgIpc) is 3.06. The molecule has 1 aliphatic heterocycles. The van der Waals surface area contributed by atoms with Gasteiger partial charge in [0.1, 0.15) is 6.61 Å². The van der Waals surface area contributed by atoms with Gasteiger partial charge in [0.2, 0.25) is 11.8 Å². The molecule has 0 amide bonds. The van der Waals surface area contributed by atoms with E-state index in [0.29, 0.717) is 25.5 Å². The molecule has 12 nitrogen and oxygen atoms in total. The molecule has 0 radical (unpaired) electrons. The molecule has 1 saturated heterocycles. The first-order valence-corrected chi connectivity index (χ1v) is 17.7. The molecular formula is C36H44N6O6S. The first-order chi connectivity index (χ1) is 23.3. The lowest BCUT2D eigenvalue weighted by molar-refractivity contribution is 0.0696. The van der Waals surface area contributed by atoms with E-state index in [2.05, 4.69) is 56.7 Å². The number of anilines is 2. The summed E-state index contributed by atoms with van der Waals surface area (Å²) in [7, 11) is -4.23. The molecule has 49 heavy (non-hydrogen) atoms. The molecule has 0 bridgehead atoms. The van der Waals surface area contributed by atoms with Crippen LogP contribution in [0.3, 0.4) is 0 Å². The number of aromatic carboxylic acids is 1. The Morgan fingerprint density at radius 2 is 1.73 bits per heavy atom. The second kappa shape index (κ2) is 15.3. The van der Waals surface area contributed by atoms with Crippen molar-refractivity contribution >= 4 is 27.6 Å². The Kier molecular flexibility index (Phi) is 11.2. The molecule has 3 heterocycles. The highest BCUT2D eigenvalue weighted by Crippen LogP contribution is 2.30. The van der Waals surface area contributed by atoms with Crippen LogP contribution in [0.4, 0.5) is 11.6 Å². The summed E-state index contributed by atoms with van der Waals surface area (Å²) in [5, 5.41) is 13.0. The van der Waals surface area contributed by atoms with Crippen molar-refractivity contribution in [3.8, 4) is 17.1 Å². The second-order valence-electron chi connectivity index (χ2n) is 13.4. The van der Waals surface area contributed by atoms with Crippen molar-refractivity contribution in [3.05, 3.63) is 89.2 Å². The van der Waals surface area contributed by atoms with Crippen LogP contribution in [0, 0.1) is 19.3 Å². The summed E-state index contributed by atoms with van der Waals surface area (Å²) in [6.07, 6.45) is 2.68. The van der Waals surface area contributed by atoms with E-state index < -0.39 is 16.0 Å². The number of benzene rings is 2. The molecule has 4 aromatic rings. The van der Waals surface area contributed by atoms with Gasteiger partial charge in [-0.3, -0.25) is 4.98 Å². The number of aryl methyl sites for hydroxylation is 2. The van der Waals surface area contributed by atoms with E-state index in [-0.39, 0.29) is 40.4 Å². The standard InChI is InChI=1S/C36H44N6O6S/c1-24-8-6-9-25(2)33(24)31-19-32(40-35(39-31)41-49(45,46)30-11-7-10-26(18-30)34(43)44)48-23-28(20-36(3,4)5)37-21-27-12-13-29(22-38-27)42-14-16-47-17-15-42/h6-13,18-19,22,28,37H,14-17,20-21,23H2,1-5H3,(H,43,44)(H,39,40,41). The van der Waals surface area contributed by atoms with Gasteiger partial charge in [0.05, 0.1) is 46.9 Å². The van der Waals surface area contributed by atoms with Crippen LogP contribution in [0.1, 0.15) is 54.4 Å². The number of nitrogens with zero attached hydrogens (tertiary/aromatic N) is 4. The third-order valence-electron chi connectivity index (χ3n) is 8.11. The molecule has 5 rings (SSSR count). The highest BCUT2D eigenvalue weighted by atomic mass is 32.2. The molecule has 0 spiro atoms. The van der Waals surface area contributed by atoms with Crippen molar-refractivity contribution in [1.82, 2.24) is 20.3 Å². The number of carboxylic acid groups (broad SMARTS) is 1. The van der Waals surface area contributed by atoms with Crippen LogP contribution < -0.4 is 19.7 Å². The van der Waals surface area contributed by atoms with E-state index in [4.69, 9.17) is 9.47 Å². The van der Waals surface area contributed by atoms with Crippen LogP contribution in [0.5, 0.6) is 5.88 Å². The molecule has 2 aromatic heterocycles. The molecule has 2 aromatic carbocycles.